The summed E-state index contributed by atoms with van der Waals surface area (Å²) < 4.78 is 26.9. The third-order valence-electron chi connectivity index (χ3n) is 2.47. The third kappa shape index (κ3) is 2.79. The summed E-state index contributed by atoms with van der Waals surface area (Å²) in [7, 11) is 0. The van der Waals surface area contributed by atoms with E-state index in [1.165, 1.54) is 6.07 Å². The minimum Gasteiger partial charge on any atom is -0.508 e. The standard InChI is InChI=1S/C13H10BrF2NO/c14-9-5-11(16)12(6-10(9)15)17-7-8-3-1-2-4-13(8)18/h1-6,17-18H,7H2. The highest BCUT2D eigenvalue weighted by molar-refractivity contribution is 9.10. The summed E-state index contributed by atoms with van der Waals surface area (Å²) in [6.07, 6.45) is 0. The van der Waals surface area contributed by atoms with Crippen LogP contribution in [0.2, 0.25) is 0 Å². The summed E-state index contributed by atoms with van der Waals surface area (Å²) in [4.78, 5) is 0. The molecular weight excluding hydrogens is 304 g/mol. The fraction of sp³-hybridized carbons (Fsp3) is 0.0769. The van der Waals surface area contributed by atoms with Crippen molar-refractivity contribution in [1.29, 1.82) is 0 Å². The number of anilines is 1. The maximum absolute atomic E-state index is 13.5. The Bertz CT molecular complexity index is 575. The fourth-order valence-electron chi connectivity index (χ4n) is 1.51. The van der Waals surface area contributed by atoms with E-state index >= 15 is 0 Å². The number of rotatable bonds is 3. The molecule has 0 saturated carbocycles. The van der Waals surface area contributed by atoms with Gasteiger partial charge in [-0.25, -0.2) is 8.78 Å². The van der Waals surface area contributed by atoms with Crippen LogP contribution < -0.4 is 5.32 Å². The van der Waals surface area contributed by atoms with E-state index in [0.717, 1.165) is 12.1 Å². The number of para-hydroxylation sites is 1. The molecule has 2 aromatic carbocycles. The van der Waals surface area contributed by atoms with Crippen molar-refractivity contribution in [3.63, 3.8) is 0 Å². The van der Waals surface area contributed by atoms with Gasteiger partial charge in [-0.05, 0) is 28.1 Å². The number of benzene rings is 2. The molecule has 2 aromatic rings. The second kappa shape index (κ2) is 5.35. The van der Waals surface area contributed by atoms with Crippen molar-refractivity contribution in [2.24, 2.45) is 0 Å². The predicted octanol–water partition coefficient (Wildman–Crippen LogP) is 4.05. The topological polar surface area (TPSA) is 32.3 Å². The van der Waals surface area contributed by atoms with E-state index in [0.29, 0.717) is 5.56 Å². The second-order valence-corrected chi connectivity index (χ2v) is 4.58. The Kier molecular flexibility index (Phi) is 3.81. The van der Waals surface area contributed by atoms with Gasteiger partial charge in [0.15, 0.2) is 0 Å². The lowest BCUT2D eigenvalue weighted by Gasteiger charge is -2.09. The molecule has 0 aromatic heterocycles. The molecule has 18 heavy (non-hydrogen) atoms. The van der Waals surface area contributed by atoms with E-state index in [1.54, 1.807) is 18.2 Å². The Morgan fingerprint density at radius 2 is 1.83 bits per heavy atom. The molecule has 0 heterocycles. The van der Waals surface area contributed by atoms with Crippen LogP contribution >= 0.6 is 15.9 Å². The first kappa shape index (κ1) is 12.8. The molecule has 0 unspecified atom stereocenters. The van der Waals surface area contributed by atoms with Gasteiger partial charge in [0, 0.05) is 18.2 Å². The molecule has 0 saturated heterocycles. The molecule has 5 heteroatoms. The van der Waals surface area contributed by atoms with Gasteiger partial charge in [-0.15, -0.1) is 0 Å². The zero-order valence-corrected chi connectivity index (χ0v) is 10.8. The zero-order chi connectivity index (χ0) is 13.1. The van der Waals surface area contributed by atoms with Gasteiger partial charge in [0.25, 0.3) is 0 Å². The molecule has 0 atom stereocenters. The highest BCUT2D eigenvalue weighted by Crippen LogP contribution is 2.24. The molecule has 2 rings (SSSR count). The molecule has 0 fully saturated rings. The molecule has 0 bridgehead atoms. The van der Waals surface area contributed by atoms with Gasteiger partial charge < -0.3 is 10.4 Å². The highest BCUT2D eigenvalue weighted by Gasteiger charge is 2.08. The average molecular weight is 314 g/mol. The van der Waals surface area contributed by atoms with Gasteiger partial charge in [0.05, 0.1) is 10.2 Å². The molecule has 0 radical (unpaired) electrons. The van der Waals surface area contributed by atoms with Crippen LogP contribution in [-0.2, 0) is 6.54 Å². The van der Waals surface area contributed by atoms with Crippen LogP contribution in [0.4, 0.5) is 14.5 Å². The Morgan fingerprint density at radius 1 is 1.11 bits per heavy atom. The van der Waals surface area contributed by atoms with Crippen molar-refractivity contribution in [3.8, 4) is 5.75 Å². The summed E-state index contributed by atoms with van der Waals surface area (Å²) in [6.45, 7) is 0.213. The zero-order valence-electron chi connectivity index (χ0n) is 9.25. The Morgan fingerprint density at radius 3 is 2.56 bits per heavy atom. The number of halogens is 3. The normalized spacial score (nSPS) is 10.4. The third-order valence-corrected chi connectivity index (χ3v) is 3.08. The van der Waals surface area contributed by atoms with Crippen molar-refractivity contribution >= 4 is 21.6 Å². The number of nitrogens with one attached hydrogen (secondary N) is 1. The number of phenolic OH excluding ortho intramolecular Hbond substituents is 1. The first-order valence-electron chi connectivity index (χ1n) is 5.23. The lowest BCUT2D eigenvalue weighted by atomic mass is 10.2. The largest absolute Gasteiger partial charge is 0.508 e. The molecule has 2 N–H and O–H groups in total. The summed E-state index contributed by atoms with van der Waals surface area (Å²) in [5, 5.41) is 12.3. The van der Waals surface area contributed by atoms with Gasteiger partial charge in [-0.2, -0.15) is 0 Å². The maximum Gasteiger partial charge on any atom is 0.147 e. The summed E-state index contributed by atoms with van der Waals surface area (Å²) >= 11 is 2.91. The van der Waals surface area contributed by atoms with Crippen LogP contribution in [-0.4, -0.2) is 5.11 Å². The van der Waals surface area contributed by atoms with Gasteiger partial charge in [0.1, 0.15) is 17.4 Å². The summed E-state index contributed by atoms with van der Waals surface area (Å²) in [5.41, 5.74) is 0.666. The Balaban J connectivity index is 2.16. The summed E-state index contributed by atoms with van der Waals surface area (Å²) in [6, 6.07) is 8.82. The number of phenols is 1. The van der Waals surface area contributed by atoms with Crippen molar-refractivity contribution < 1.29 is 13.9 Å². The molecule has 0 amide bonds. The van der Waals surface area contributed by atoms with Gasteiger partial charge in [-0.1, -0.05) is 18.2 Å². The van der Waals surface area contributed by atoms with Crippen LogP contribution in [0.15, 0.2) is 40.9 Å². The van der Waals surface area contributed by atoms with Crippen molar-refractivity contribution in [2.75, 3.05) is 5.32 Å². The Labute approximate surface area is 111 Å². The van der Waals surface area contributed by atoms with E-state index in [-0.39, 0.29) is 22.5 Å². The fourth-order valence-corrected chi connectivity index (χ4v) is 1.82. The molecule has 94 valence electrons. The lowest BCUT2D eigenvalue weighted by Crippen LogP contribution is -2.02. The van der Waals surface area contributed by atoms with E-state index in [4.69, 9.17) is 0 Å². The molecular formula is C13H10BrF2NO. The smallest absolute Gasteiger partial charge is 0.147 e. The van der Waals surface area contributed by atoms with Crippen LogP contribution in [0.5, 0.6) is 5.75 Å². The minimum atomic E-state index is -0.557. The number of hydrogen-bond acceptors (Lipinski definition) is 2. The second-order valence-electron chi connectivity index (χ2n) is 3.73. The Hall–Kier alpha value is -1.62. The van der Waals surface area contributed by atoms with Crippen molar-refractivity contribution in [1.82, 2.24) is 0 Å². The molecule has 0 aliphatic carbocycles. The molecule has 2 nitrogen and oxygen atoms in total. The van der Waals surface area contributed by atoms with Gasteiger partial charge >= 0.3 is 0 Å². The van der Waals surface area contributed by atoms with Crippen LogP contribution in [0.25, 0.3) is 0 Å². The van der Waals surface area contributed by atoms with E-state index in [1.807, 2.05) is 0 Å². The van der Waals surface area contributed by atoms with E-state index in [9.17, 15) is 13.9 Å². The first-order valence-corrected chi connectivity index (χ1v) is 6.02. The van der Waals surface area contributed by atoms with Crippen LogP contribution in [0.3, 0.4) is 0 Å². The van der Waals surface area contributed by atoms with Crippen molar-refractivity contribution in [3.05, 3.63) is 58.1 Å². The van der Waals surface area contributed by atoms with Crippen LogP contribution in [0.1, 0.15) is 5.56 Å². The quantitative estimate of drug-likeness (QED) is 0.838. The van der Waals surface area contributed by atoms with E-state index in [2.05, 4.69) is 21.2 Å². The lowest BCUT2D eigenvalue weighted by molar-refractivity contribution is 0.469. The van der Waals surface area contributed by atoms with Crippen molar-refractivity contribution in [2.45, 2.75) is 6.54 Å². The van der Waals surface area contributed by atoms with E-state index < -0.39 is 11.6 Å². The molecule has 0 aliphatic heterocycles. The number of aromatic hydroxyl groups is 1. The van der Waals surface area contributed by atoms with Gasteiger partial charge in [0.2, 0.25) is 0 Å². The molecule has 0 aliphatic rings. The maximum atomic E-state index is 13.5. The SMILES string of the molecule is Oc1ccccc1CNc1cc(F)c(Br)cc1F. The molecule has 0 spiro atoms. The number of hydrogen-bond donors (Lipinski definition) is 2. The average Bonchev–Trinajstić information content (AvgIpc) is 2.34. The van der Waals surface area contributed by atoms with Gasteiger partial charge in [-0.3, -0.25) is 0 Å². The first-order chi connectivity index (χ1) is 8.58. The van der Waals surface area contributed by atoms with Crippen LogP contribution in [0, 0.1) is 11.6 Å². The predicted molar refractivity (Wildman–Crippen MR) is 69.5 cm³/mol. The summed E-state index contributed by atoms with van der Waals surface area (Å²) in [5.74, 6) is -0.988. The minimum absolute atomic E-state index is 0.0546. The highest BCUT2D eigenvalue weighted by atomic mass is 79.9. The monoisotopic (exact) mass is 313 g/mol.